The van der Waals surface area contributed by atoms with Gasteiger partial charge in [0.1, 0.15) is 6.61 Å². The third-order valence-corrected chi connectivity index (χ3v) is 6.75. The normalized spacial score (nSPS) is 17.1. The highest BCUT2D eigenvalue weighted by Crippen LogP contribution is 2.45. The number of allylic oxidation sites excluding steroid dienone is 1. The maximum absolute atomic E-state index is 12.9. The number of methoxy groups -OCH3 is 1. The summed E-state index contributed by atoms with van der Waals surface area (Å²) in [6, 6.07) is 10.9. The molecule has 0 aromatic heterocycles. The summed E-state index contributed by atoms with van der Waals surface area (Å²) in [5.74, 6) is 0.724. The van der Waals surface area contributed by atoms with E-state index in [-0.39, 0.29) is 12.6 Å². The molecule has 0 bridgehead atoms. The molecule has 0 saturated heterocycles. The van der Waals surface area contributed by atoms with Crippen molar-refractivity contribution in [2.75, 3.05) is 13.7 Å². The van der Waals surface area contributed by atoms with E-state index in [0.29, 0.717) is 38.9 Å². The van der Waals surface area contributed by atoms with E-state index in [4.69, 9.17) is 25.8 Å². The minimum atomic E-state index is -0.407. The summed E-state index contributed by atoms with van der Waals surface area (Å²) in [6.45, 7) is 4.23. The first-order valence-electron chi connectivity index (χ1n) is 10.3. The van der Waals surface area contributed by atoms with Crippen LogP contribution in [-0.2, 0) is 16.1 Å². The Morgan fingerprint density at radius 1 is 1.30 bits per heavy atom. The number of amidine groups is 1. The van der Waals surface area contributed by atoms with Crippen LogP contribution in [0.5, 0.6) is 11.5 Å². The van der Waals surface area contributed by atoms with Crippen molar-refractivity contribution in [3.05, 3.63) is 79.9 Å². The van der Waals surface area contributed by atoms with Gasteiger partial charge in [0, 0.05) is 11.2 Å². The largest absolute Gasteiger partial charge is 0.493 e. The van der Waals surface area contributed by atoms with Crippen LogP contribution in [0.1, 0.15) is 31.0 Å². The molecular formula is C24H22BrClN2O4S. The first-order chi connectivity index (χ1) is 15.9. The lowest BCUT2D eigenvalue weighted by Gasteiger charge is -2.33. The van der Waals surface area contributed by atoms with Crippen molar-refractivity contribution < 1.29 is 19.0 Å². The van der Waals surface area contributed by atoms with Crippen LogP contribution in [-0.4, -0.2) is 29.8 Å². The number of hydrogen-bond donors (Lipinski definition) is 0. The van der Waals surface area contributed by atoms with E-state index in [0.717, 1.165) is 16.3 Å². The lowest BCUT2D eigenvalue weighted by atomic mass is 9.94. The first kappa shape index (κ1) is 23.7. The molecule has 2 aliphatic heterocycles. The number of ether oxygens (including phenoxy) is 3. The summed E-state index contributed by atoms with van der Waals surface area (Å²) in [6.07, 6.45) is 1.92. The van der Waals surface area contributed by atoms with Gasteiger partial charge in [0.2, 0.25) is 0 Å². The fourth-order valence-corrected chi connectivity index (χ4v) is 5.30. The number of carbonyl (C=O) groups excluding carboxylic acids is 1. The van der Waals surface area contributed by atoms with E-state index in [9.17, 15) is 4.79 Å². The SMILES string of the molecule is CCOC(=O)C1=C(C)N=C2SC=CN2[C@H]1c1cc(Br)c(OCc2cccc(Cl)c2)c(OC)c1. The second-order valence-corrected chi connectivity index (χ2v) is 9.44. The Morgan fingerprint density at radius 3 is 2.85 bits per heavy atom. The van der Waals surface area contributed by atoms with Gasteiger partial charge >= 0.3 is 5.97 Å². The highest BCUT2D eigenvalue weighted by Gasteiger charge is 2.38. The maximum Gasteiger partial charge on any atom is 0.338 e. The zero-order valence-electron chi connectivity index (χ0n) is 18.3. The summed E-state index contributed by atoms with van der Waals surface area (Å²) >= 11 is 11.2. The Bertz CT molecular complexity index is 1180. The second-order valence-electron chi connectivity index (χ2n) is 7.28. The highest BCUT2D eigenvalue weighted by molar-refractivity contribution is 9.10. The fraction of sp³-hybridized carbons (Fsp3) is 0.250. The summed E-state index contributed by atoms with van der Waals surface area (Å²) in [7, 11) is 1.59. The Balaban J connectivity index is 1.71. The Hall–Kier alpha value is -2.42. The number of nitrogens with zero attached hydrogens (tertiary/aromatic N) is 2. The zero-order chi connectivity index (χ0) is 23.5. The van der Waals surface area contributed by atoms with Gasteiger partial charge < -0.3 is 19.1 Å². The Labute approximate surface area is 210 Å². The number of aliphatic imine (C=N–C) groups is 1. The number of carbonyl (C=O) groups is 1. The lowest BCUT2D eigenvalue weighted by Crippen LogP contribution is -2.34. The molecule has 2 heterocycles. The van der Waals surface area contributed by atoms with Gasteiger partial charge in [0.25, 0.3) is 0 Å². The average Bonchev–Trinajstić information content (AvgIpc) is 3.25. The van der Waals surface area contributed by atoms with Crippen LogP contribution in [0.3, 0.4) is 0 Å². The van der Waals surface area contributed by atoms with E-state index in [1.54, 1.807) is 14.0 Å². The van der Waals surface area contributed by atoms with E-state index in [2.05, 4.69) is 20.9 Å². The van der Waals surface area contributed by atoms with Gasteiger partial charge in [0.05, 0.1) is 35.5 Å². The van der Waals surface area contributed by atoms with Crippen molar-refractivity contribution >= 4 is 50.4 Å². The van der Waals surface area contributed by atoms with Gasteiger partial charge in [-0.05, 0) is 70.6 Å². The van der Waals surface area contributed by atoms with Gasteiger partial charge in [-0.25, -0.2) is 9.79 Å². The standard InChI is InChI=1S/C24H22BrClN2O4S/c1-4-31-23(29)20-14(2)27-24-28(8-9-33-24)21(20)16-11-18(25)22(19(12-16)30-3)32-13-15-6-5-7-17(26)10-15/h5-12,21H,4,13H2,1-3H3/t21-/m0/s1. The second kappa shape index (κ2) is 10.2. The first-order valence-corrected chi connectivity index (χ1v) is 12.3. The van der Waals surface area contributed by atoms with E-state index >= 15 is 0 Å². The van der Waals surface area contributed by atoms with Crippen molar-refractivity contribution in [3.63, 3.8) is 0 Å². The number of fused-ring (bicyclic) bond motifs is 1. The van der Waals surface area contributed by atoms with Crippen LogP contribution in [0.4, 0.5) is 0 Å². The molecule has 33 heavy (non-hydrogen) atoms. The fourth-order valence-electron chi connectivity index (χ4n) is 3.72. The molecule has 0 amide bonds. The van der Waals surface area contributed by atoms with Gasteiger partial charge in [-0.15, -0.1) is 0 Å². The number of rotatable bonds is 7. The molecule has 172 valence electrons. The average molecular weight is 550 g/mol. The molecule has 2 aliphatic rings. The smallest absolute Gasteiger partial charge is 0.338 e. The Kier molecular flexibility index (Phi) is 7.36. The van der Waals surface area contributed by atoms with E-state index in [1.807, 2.05) is 59.8 Å². The summed E-state index contributed by atoms with van der Waals surface area (Å²) in [4.78, 5) is 19.5. The van der Waals surface area contributed by atoms with E-state index < -0.39 is 6.04 Å². The molecule has 0 aliphatic carbocycles. The number of esters is 1. The maximum atomic E-state index is 12.9. The van der Waals surface area contributed by atoms with E-state index in [1.165, 1.54) is 11.8 Å². The molecule has 6 nitrogen and oxygen atoms in total. The monoisotopic (exact) mass is 548 g/mol. The van der Waals surface area contributed by atoms with Crippen molar-refractivity contribution in [2.45, 2.75) is 26.5 Å². The summed E-state index contributed by atoms with van der Waals surface area (Å²) in [5, 5.41) is 3.40. The third-order valence-electron chi connectivity index (χ3n) is 5.16. The predicted octanol–water partition coefficient (Wildman–Crippen LogP) is 6.46. The molecule has 0 radical (unpaired) electrons. The molecule has 0 fully saturated rings. The third kappa shape index (κ3) is 4.93. The van der Waals surface area contributed by atoms with Gasteiger partial charge in [-0.2, -0.15) is 0 Å². The van der Waals surface area contributed by atoms with Crippen molar-refractivity contribution in [1.29, 1.82) is 0 Å². The molecule has 0 saturated carbocycles. The van der Waals surface area contributed by atoms with Crippen LogP contribution in [0.2, 0.25) is 5.02 Å². The van der Waals surface area contributed by atoms with Gasteiger partial charge in [0.15, 0.2) is 16.7 Å². The van der Waals surface area contributed by atoms with Crippen LogP contribution >= 0.6 is 39.3 Å². The van der Waals surface area contributed by atoms with Crippen LogP contribution in [0, 0.1) is 0 Å². The molecule has 1 atom stereocenters. The minimum absolute atomic E-state index is 0.285. The molecule has 0 spiro atoms. The quantitative estimate of drug-likeness (QED) is 0.370. The molecular weight excluding hydrogens is 528 g/mol. The molecule has 0 N–H and O–H groups in total. The molecule has 9 heteroatoms. The molecule has 2 aromatic carbocycles. The number of thioether (sulfide) groups is 1. The van der Waals surface area contributed by atoms with Crippen LogP contribution in [0.15, 0.2) is 68.7 Å². The molecule has 0 unspecified atom stereocenters. The van der Waals surface area contributed by atoms with Crippen molar-refractivity contribution in [3.8, 4) is 11.5 Å². The zero-order valence-corrected chi connectivity index (χ0v) is 21.5. The van der Waals surface area contributed by atoms with Gasteiger partial charge in [-0.1, -0.05) is 35.5 Å². The summed E-state index contributed by atoms with van der Waals surface area (Å²) in [5.41, 5.74) is 2.92. The number of hydrogen-bond acceptors (Lipinski definition) is 7. The number of benzene rings is 2. The summed E-state index contributed by atoms with van der Waals surface area (Å²) < 4.78 is 17.8. The predicted molar refractivity (Wildman–Crippen MR) is 135 cm³/mol. The minimum Gasteiger partial charge on any atom is -0.493 e. The molecule has 2 aromatic rings. The molecule has 4 rings (SSSR count). The highest BCUT2D eigenvalue weighted by atomic mass is 79.9. The lowest BCUT2D eigenvalue weighted by molar-refractivity contribution is -0.139. The van der Waals surface area contributed by atoms with Crippen molar-refractivity contribution in [1.82, 2.24) is 4.90 Å². The number of halogens is 2. The van der Waals surface area contributed by atoms with Gasteiger partial charge in [-0.3, -0.25) is 0 Å². The Morgan fingerprint density at radius 2 is 2.12 bits per heavy atom. The van der Waals surface area contributed by atoms with Crippen molar-refractivity contribution in [2.24, 2.45) is 4.99 Å². The topological polar surface area (TPSA) is 60.4 Å². The van der Waals surface area contributed by atoms with Crippen LogP contribution < -0.4 is 9.47 Å². The van der Waals surface area contributed by atoms with Crippen LogP contribution in [0.25, 0.3) is 0 Å².